The number of aryl methyl sites for hydroxylation is 1. The molecule has 1 aliphatic heterocycles. The molecule has 1 aliphatic rings. The van der Waals surface area contributed by atoms with E-state index in [2.05, 4.69) is 4.98 Å². The fourth-order valence-electron chi connectivity index (χ4n) is 2.42. The summed E-state index contributed by atoms with van der Waals surface area (Å²) >= 11 is 0. The highest BCUT2D eigenvalue weighted by Gasteiger charge is 2.15. The van der Waals surface area contributed by atoms with Crippen LogP contribution in [-0.4, -0.2) is 22.8 Å². The van der Waals surface area contributed by atoms with Crippen LogP contribution in [0, 0.1) is 5.92 Å². The lowest BCUT2D eigenvalue weighted by Gasteiger charge is -2.10. The van der Waals surface area contributed by atoms with Crippen molar-refractivity contribution in [3.8, 4) is 0 Å². The summed E-state index contributed by atoms with van der Waals surface area (Å²) in [6.45, 7) is 2.46. The quantitative estimate of drug-likeness (QED) is 0.827. The Bertz CT molecular complexity index is 600. The molecule has 0 unspecified atom stereocenters. The van der Waals surface area contributed by atoms with Crippen LogP contribution in [0.25, 0.3) is 10.9 Å². The molecule has 94 valence electrons. The Morgan fingerprint density at radius 1 is 1.44 bits per heavy atom. The summed E-state index contributed by atoms with van der Waals surface area (Å²) in [7, 11) is 0. The van der Waals surface area contributed by atoms with Crippen LogP contribution in [0.5, 0.6) is 0 Å². The van der Waals surface area contributed by atoms with Crippen LogP contribution in [-0.2, 0) is 11.3 Å². The number of hydrogen-bond donors (Lipinski definition) is 0. The van der Waals surface area contributed by atoms with Crippen molar-refractivity contribution in [2.45, 2.75) is 19.4 Å². The second-order valence-corrected chi connectivity index (χ2v) is 4.77. The van der Waals surface area contributed by atoms with Gasteiger partial charge in [0.15, 0.2) is 0 Å². The number of nitrogens with zero attached hydrogens (tertiary/aromatic N) is 2. The van der Waals surface area contributed by atoms with E-state index < -0.39 is 0 Å². The van der Waals surface area contributed by atoms with E-state index >= 15 is 0 Å². The Morgan fingerprint density at radius 3 is 3.22 bits per heavy atom. The summed E-state index contributed by atoms with van der Waals surface area (Å²) in [6.07, 6.45) is 5.67. The zero-order valence-electron chi connectivity index (χ0n) is 10.2. The van der Waals surface area contributed by atoms with Gasteiger partial charge in [0.2, 0.25) is 0 Å². The number of hydrogen-bond acceptors (Lipinski definition) is 3. The number of pyridine rings is 2. The third kappa shape index (κ3) is 2.16. The van der Waals surface area contributed by atoms with E-state index in [1.807, 2.05) is 18.3 Å². The van der Waals surface area contributed by atoms with E-state index in [0.717, 1.165) is 38.1 Å². The topological polar surface area (TPSA) is 44.1 Å². The largest absolute Gasteiger partial charge is 0.381 e. The van der Waals surface area contributed by atoms with Gasteiger partial charge in [0.1, 0.15) is 0 Å². The van der Waals surface area contributed by atoms with Crippen molar-refractivity contribution < 1.29 is 4.74 Å². The van der Waals surface area contributed by atoms with E-state index in [4.69, 9.17) is 4.74 Å². The average Bonchev–Trinajstić information content (AvgIpc) is 2.91. The van der Waals surface area contributed by atoms with Crippen LogP contribution in [0.4, 0.5) is 0 Å². The van der Waals surface area contributed by atoms with Crippen molar-refractivity contribution in [3.05, 3.63) is 40.9 Å². The molecule has 0 radical (unpaired) electrons. The molecule has 0 aromatic carbocycles. The molecule has 1 atom stereocenters. The standard InChI is InChI=1S/C14H16N2O2/c17-14-12-2-1-6-15-13(12)4-8-16(14)7-3-11-5-9-18-10-11/h1-2,4,6,8,11H,3,5,7,9-10H2/t11-/m1/s1. The molecule has 2 aromatic heterocycles. The zero-order valence-corrected chi connectivity index (χ0v) is 10.2. The van der Waals surface area contributed by atoms with Crippen molar-refractivity contribution in [1.82, 2.24) is 9.55 Å². The number of aromatic nitrogens is 2. The first-order valence-corrected chi connectivity index (χ1v) is 6.36. The van der Waals surface area contributed by atoms with Crippen molar-refractivity contribution in [1.29, 1.82) is 0 Å². The molecule has 0 spiro atoms. The summed E-state index contributed by atoms with van der Waals surface area (Å²) in [6, 6.07) is 5.54. The van der Waals surface area contributed by atoms with Gasteiger partial charge in [0.25, 0.3) is 5.56 Å². The molecule has 4 heteroatoms. The minimum atomic E-state index is 0.0551. The molecule has 1 saturated heterocycles. The molecule has 3 heterocycles. The fraction of sp³-hybridized carbons (Fsp3) is 0.429. The Kier molecular flexibility index (Phi) is 3.11. The second kappa shape index (κ2) is 4.90. The third-order valence-electron chi connectivity index (χ3n) is 3.54. The summed E-state index contributed by atoms with van der Waals surface area (Å²) < 4.78 is 7.13. The van der Waals surface area contributed by atoms with Gasteiger partial charge in [-0.3, -0.25) is 9.78 Å². The Morgan fingerprint density at radius 2 is 2.39 bits per heavy atom. The number of ether oxygens (including phenoxy) is 1. The van der Waals surface area contributed by atoms with Gasteiger partial charge in [-0.25, -0.2) is 0 Å². The molecule has 4 nitrogen and oxygen atoms in total. The molecule has 0 bridgehead atoms. The maximum atomic E-state index is 12.2. The van der Waals surface area contributed by atoms with Crippen molar-refractivity contribution in [2.24, 2.45) is 5.92 Å². The predicted octanol–water partition coefficient (Wildman–Crippen LogP) is 1.82. The molecular formula is C14H16N2O2. The van der Waals surface area contributed by atoms with Crippen LogP contribution < -0.4 is 5.56 Å². The minimum absolute atomic E-state index is 0.0551. The van der Waals surface area contributed by atoms with Crippen LogP contribution in [0.2, 0.25) is 0 Å². The highest BCUT2D eigenvalue weighted by atomic mass is 16.5. The van der Waals surface area contributed by atoms with Gasteiger partial charge in [0.05, 0.1) is 10.9 Å². The van der Waals surface area contributed by atoms with E-state index in [1.54, 1.807) is 16.8 Å². The van der Waals surface area contributed by atoms with Gasteiger partial charge in [-0.2, -0.15) is 0 Å². The third-order valence-corrected chi connectivity index (χ3v) is 3.54. The van der Waals surface area contributed by atoms with Gasteiger partial charge in [-0.1, -0.05) is 0 Å². The van der Waals surface area contributed by atoms with E-state index in [-0.39, 0.29) is 5.56 Å². The van der Waals surface area contributed by atoms with E-state index in [0.29, 0.717) is 11.3 Å². The normalized spacial score (nSPS) is 19.4. The zero-order chi connectivity index (χ0) is 12.4. The second-order valence-electron chi connectivity index (χ2n) is 4.77. The lowest BCUT2D eigenvalue weighted by molar-refractivity contribution is 0.183. The first-order chi connectivity index (χ1) is 8.84. The number of rotatable bonds is 3. The number of fused-ring (bicyclic) bond motifs is 1. The molecule has 0 aliphatic carbocycles. The summed E-state index contributed by atoms with van der Waals surface area (Å²) in [4.78, 5) is 16.4. The Labute approximate surface area is 105 Å². The summed E-state index contributed by atoms with van der Waals surface area (Å²) in [5, 5.41) is 0.697. The maximum absolute atomic E-state index is 12.2. The maximum Gasteiger partial charge on any atom is 0.259 e. The van der Waals surface area contributed by atoms with Crippen molar-refractivity contribution in [2.75, 3.05) is 13.2 Å². The monoisotopic (exact) mass is 244 g/mol. The molecule has 0 saturated carbocycles. The lowest BCUT2D eigenvalue weighted by atomic mass is 10.1. The van der Waals surface area contributed by atoms with Gasteiger partial charge in [0, 0.05) is 32.2 Å². The average molecular weight is 244 g/mol. The molecule has 1 fully saturated rings. The Balaban J connectivity index is 1.83. The molecular weight excluding hydrogens is 228 g/mol. The minimum Gasteiger partial charge on any atom is -0.381 e. The smallest absolute Gasteiger partial charge is 0.259 e. The molecule has 3 rings (SSSR count). The molecule has 18 heavy (non-hydrogen) atoms. The SMILES string of the molecule is O=c1c2cccnc2ccn1CC[C@@H]1CCOC1. The van der Waals surface area contributed by atoms with Gasteiger partial charge < -0.3 is 9.30 Å². The molecule has 0 amide bonds. The predicted molar refractivity (Wildman–Crippen MR) is 69.5 cm³/mol. The van der Waals surface area contributed by atoms with Crippen LogP contribution >= 0.6 is 0 Å². The summed E-state index contributed by atoms with van der Waals surface area (Å²) in [5.74, 6) is 0.599. The van der Waals surface area contributed by atoms with Crippen molar-refractivity contribution in [3.63, 3.8) is 0 Å². The van der Waals surface area contributed by atoms with E-state index in [9.17, 15) is 4.79 Å². The van der Waals surface area contributed by atoms with Gasteiger partial charge in [-0.05, 0) is 37.0 Å². The lowest BCUT2D eigenvalue weighted by Crippen LogP contribution is -2.21. The van der Waals surface area contributed by atoms with Crippen molar-refractivity contribution >= 4 is 10.9 Å². The Hall–Kier alpha value is -1.68. The first kappa shape index (κ1) is 11.4. The highest BCUT2D eigenvalue weighted by Crippen LogP contribution is 2.16. The van der Waals surface area contributed by atoms with Crippen LogP contribution in [0.1, 0.15) is 12.8 Å². The van der Waals surface area contributed by atoms with Crippen LogP contribution in [0.15, 0.2) is 35.4 Å². The summed E-state index contributed by atoms with van der Waals surface area (Å²) in [5.41, 5.74) is 0.822. The van der Waals surface area contributed by atoms with E-state index in [1.165, 1.54) is 0 Å². The molecule has 2 aromatic rings. The van der Waals surface area contributed by atoms with Gasteiger partial charge in [-0.15, -0.1) is 0 Å². The van der Waals surface area contributed by atoms with Gasteiger partial charge >= 0.3 is 0 Å². The highest BCUT2D eigenvalue weighted by molar-refractivity contribution is 5.76. The molecule has 0 N–H and O–H groups in total. The fourth-order valence-corrected chi connectivity index (χ4v) is 2.42. The van der Waals surface area contributed by atoms with Crippen LogP contribution in [0.3, 0.4) is 0 Å². The first-order valence-electron chi connectivity index (χ1n) is 6.36.